The number of para-hydroxylation sites is 1. The van der Waals surface area contributed by atoms with E-state index in [1.807, 2.05) is 56.3 Å². The molecule has 0 aliphatic carbocycles. The maximum absolute atomic E-state index is 14.1. The molecule has 1 aliphatic rings. The van der Waals surface area contributed by atoms with Crippen molar-refractivity contribution in [2.45, 2.75) is 25.9 Å². The van der Waals surface area contributed by atoms with E-state index in [1.54, 1.807) is 13.2 Å². The summed E-state index contributed by atoms with van der Waals surface area (Å²) in [5, 5.41) is 9.73. The number of carbonyl (C=O) groups is 1. The number of methoxy groups -OCH3 is 1. The Bertz CT molecular complexity index is 1100. The molecule has 5 nitrogen and oxygen atoms in total. The van der Waals surface area contributed by atoms with E-state index in [1.165, 1.54) is 12.1 Å². The third-order valence-electron chi connectivity index (χ3n) is 5.26. The standard InChI is InChI=1S/C24H24FN3O2/c1-24(2)23(29)27-22-19(14-26-16-7-5-4-6-8-16)17(10-11-20(22)28-24)18-13-15(25)9-12-21(18)30-3/h4-13,26,28H,14H2,1-3H3,(H,27,29). The Kier molecular flexibility index (Phi) is 5.08. The predicted octanol–water partition coefficient (Wildman–Crippen LogP) is 5.26. The average molecular weight is 405 g/mol. The first-order valence-electron chi connectivity index (χ1n) is 9.77. The molecule has 0 radical (unpaired) electrons. The van der Waals surface area contributed by atoms with Gasteiger partial charge in [0.2, 0.25) is 5.91 Å². The minimum absolute atomic E-state index is 0.126. The van der Waals surface area contributed by atoms with Crippen LogP contribution in [0.5, 0.6) is 5.75 Å². The van der Waals surface area contributed by atoms with Crippen molar-refractivity contribution >= 4 is 23.0 Å². The number of halogens is 1. The fourth-order valence-corrected chi connectivity index (χ4v) is 3.63. The summed E-state index contributed by atoms with van der Waals surface area (Å²) in [6.45, 7) is 4.10. The summed E-state index contributed by atoms with van der Waals surface area (Å²) in [4.78, 5) is 12.7. The minimum atomic E-state index is -0.727. The van der Waals surface area contributed by atoms with Gasteiger partial charge in [0.1, 0.15) is 17.1 Å². The SMILES string of the molecule is COc1ccc(F)cc1-c1ccc2c(c1CNc1ccccc1)NC(=O)C(C)(C)N2. The van der Waals surface area contributed by atoms with E-state index in [2.05, 4.69) is 16.0 Å². The lowest BCUT2D eigenvalue weighted by molar-refractivity contribution is -0.119. The topological polar surface area (TPSA) is 62.4 Å². The summed E-state index contributed by atoms with van der Waals surface area (Å²) in [6.07, 6.45) is 0. The van der Waals surface area contributed by atoms with Crippen LogP contribution in [0.1, 0.15) is 19.4 Å². The highest BCUT2D eigenvalue weighted by Crippen LogP contribution is 2.42. The molecule has 6 heteroatoms. The lowest BCUT2D eigenvalue weighted by Gasteiger charge is -2.34. The lowest BCUT2D eigenvalue weighted by Crippen LogP contribution is -2.47. The third-order valence-corrected chi connectivity index (χ3v) is 5.26. The van der Waals surface area contributed by atoms with E-state index in [0.717, 1.165) is 22.5 Å². The van der Waals surface area contributed by atoms with Crippen LogP contribution in [0, 0.1) is 5.82 Å². The fraction of sp³-hybridized carbons (Fsp3) is 0.208. The largest absolute Gasteiger partial charge is 0.496 e. The van der Waals surface area contributed by atoms with E-state index in [-0.39, 0.29) is 11.7 Å². The van der Waals surface area contributed by atoms with Crippen molar-refractivity contribution < 1.29 is 13.9 Å². The highest BCUT2D eigenvalue weighted by Gasteiger charge is 2.34. The second-order valence-corrected chi connectivity index (χ2v) is 7.78. The van der Waals surface area contributed by atoms with Crippen molar-refractivity contribution in [2.24, 2.45) is 0 Å². The van der Waals surface area contributed by atoms with E-state index < -0.39 is 5.54 Å². The fourth-order valence-electron chi connectivity index (χ4n) is 3.63. The zero-order chi connectivity index (χ0) is 21.3. The van der Waals surface area contributed by atoms with Crippen molar-refractivity contribution in [1.82, 2.24) is 0 Å². The summed E-state index contributed by atoms with van der Waals surface area (Å²) in [5.41, 5.74) is 3.99. The third kappa shape index (κ3) is 3.68. The molecule has 0 aromatic heterocycles. The summed E-state index contributed by atoms with van der Waals surface area (Å²) in [5.74, 6) is 0.0841. The predicted molar refractivity (Wildman–Crippen MR) is 118 cm³/mol. The molecule has 0 spiro atoms. The number of carbonyl (C=O) groups excluding carboxylic acids is 1. The zero-order valence-electron chi connectivity index (χ0n) is 17.2. The quantitative estimate of drug-likeness (QED) is 0.542. The van der Waals surface area contributed by atoms with Crippen molar-refractivity contribution in [2.75, 3.05) is 23.1 Å². The Morgan fingerprint density at radius 2 is 1.80 bits per heavy atom. The van der Waals surface area contributed by atoms with Crippen LogP contribution in [0.25, 0.3) is 11.1 Å². The first-order chi connectivity index (χ1) is 14.4. The molecule has 0 saturated heterocycles. The molecule has 30 heavy (non-hydrogen) atoms. The maximum atomic E-state index is 14.1. The summed E-state index contributed by atoms with van der Waals surface area (Å²) in [6, 6.07) is 18.1. The van der Waals surface area contributed by atoms with Gasteiger partial charge in [0.15, 0.2) is 0 Å². The van der Waals surface area contributed by atoms with Crippen LogP contribution in [0.2, 0.25) is 0 Å². The molecule has 0 atom stereocenters. The Morgan fingerprint density at radius 1 is 1.03 bits per heavy atom. The zero-order valence-corrected chi connectivity index (χ0v) is 17.2. The van der Waals surface area contributed by atoms with Crippen molar-refractivity contribution in [3.05, 3.63) is 72.0 Å². The molecule has 0 bridgehead atoms. The van der Waals surface area contributed by atoms with E-state index in [0.29, 0.717) is 23.5 Å². The minimum Gasteiger partial charge on any atom is -0.496 e. The summed E-state index contributed by atoms with van der Waals surface area (Å²) >= 11 is 0. The van der Waals surface area contributed by atoms with Gasteiger partial charge in [0.25, 0.3) is 0 Å². The number of ether oxygens (including phenoxy) is 1. The van der Waals surface area contributed by atoms with Gasteiger partial charge in [-0.15, -0.1) is 0 Å². The van der Waals surface area contributed by atoms with Gasteiger partial charge in [-0.3, -0.25) is 4.79 Å². The molecular formula is C24H24FN3O2. The normalized spacial score (nSPS) is 14.3. The van der Waals surface area contributed by atoms with E-state index >= 15 is 0 Å². The Hall–Kier alpha value is -3.54. The smallest absolute Gasteiger partial charge is 0.249 e. The van der Waals surface area contributed by atoms with Crippen LogP contribution in [0.15, 0.2) is 60.7 Å². The number of anilines is 3. The van der Waals surface area contributed by atoms with Crippen molar-refractivity contribution in [3.8, 4) is 16.9 Å². The molecule has 3 N–H and O–H groups in total. The summed E-state index contributed by atoms with van der Waals surface area (Å²) in [7, 11) is 1.56. The molecule has 0 saturated carbocycles. The molecule has 1 amide bonds. The molecule has 3 aromatic rings. The van der Waals surface area contributed by atoms with Gasteiger partial charge >= 0.3 is 0 Å². The number of nitrogens with one attached hydrogen (secondary N) is 3. The van der Waals surface area contributed by atoms with Gasteiger partial charge in [-0.1, -0.05) is 24.3 Å². The van der Waals surface area contributed by atoms with Crippen molar-refractivity contribution in [1.29, 1.82) is 0 Å². The van der Waals surface area contributed by atoms with Gasteiger partial charge in [-0.25, -0.2) is 4.39 Å². The molecule has 154 valence electrons. The summed E-state index contributed by atoms with van der Waals surface area (Å²) < 4.78 is 19.6. The number of hydrogen-bond donors (Lipinski definition) is 3. The van der Waals surface area contributed by atoms with Gasteiger partial charge < -0.3 is 20.7 Å². The van der Waals surface area contributed by atoms with Crippen LogP contribution >= 0.6 is 0 Å². The molecular weight excluding hydrogens is 381 g/mol. The van der Waals surface area contributed by atoms with Gasteiger partial charge in [-0.05, 0) is 55.8 Å². The van der Waals surface area contributed by atoms with Crippen LogP contribution in [-0.4, -0.2) is 18.6 Å². The first kappa shape index (κ1) is 19.8. The molecule has 1 heterocycles. The number of hydrogen-bond acceptors (Lipinski definition) is 4. The number of rotatable bonds is 5. The van der Waals surface area contributed by atoms with Crippen molar-refractivity contribution in [3.63, 3.8) is 0 Å². The van der Waals surface area contributed by atoms with Gasteiger partial charge in [-0.2, -0.15) is 0 Å². The average Bonchev–Trinajstić information content (AvgIpc) is 2.73. The Morgan fingerprint density at radius 3 is 2.53 bits per heavy atom. The van der Waals surface area contributed by atoms with Gasteiger partial charge in [0, 0.05) is 23.4 Å². The van der Waals surface area contributed by atoms with Crippen LogP contribution in [-0.2, 0) is 11.3 Å². The highest BCUT2D eigenvalue weighted by atomic mass is 19.1. The monoisotopic (exact) mass is 405 g/mol. The Balaban J connectivity index is 1.85. The van der Waals surface area contributed by atoms with Crippen LogP contribution in [0.3, 0.4) is 0 Å². The second-order valence-electron chi connectivity index (χ2n) is 7.78. The number of benzene rings is 3. The lowest BCUT2D eigenvalue weighted by atomic mass is 9.92. The van der Waals surface area contributed by atoms with E-state index in [4.69, 9.17) is 4.74 Å². The molecule has 0 unspecified atom stereocenters. The van der Waals surface area contributed by atoms with Crippen LogP contribution in [0.4, 0.5) is 21.5 Å². The van der Waals surface area contributed by atoms with E-state index in [9.17, 15) is 9.18 Å². The first-order valence-corrected chi connectivity index (χ1v) is 9.77. The molecule has 0 fully saturated rings. The number of fused-ring (bicyclic) bond motifs is 1. The second kappa shape index (κ2) is 7.71. The number of amides is 1. The maximum Gasteiger partial charge on any atom is 0.249 e. The molecule has 4 rings (SSSR count). The Labute approximate surface area is 175 Å². The van der Waals surface area contributed by atoms with Crippen LogP contribution < -0.4 is 20.7 Å². The highest BCUT2D eigenvalue weighted by molar-refractivity contribution is 6.07. The molecule has 3 aromatic carbocycles. The molecule has 1 aliphatic heterocycles. The van der Waals surface area contributed by atoms with Gasteiger partial charge in [0.05, 0.1) is 18.5 Å².